The molecule has 1 heterocycles. The van der Waals surface area contributed by atoms with Gasteiger partial charge in [-0.05, 0) is 40.9 Å². The highest BCUT2D eigenvalue weighted by Gasteiger charge is 2.31. The van der Waals surface area contributed by atoms with Crippen LogP contribution in [0, 0.1) is 0 Å². The van der Waals surface area contributed by atoms with Crippen LogP contribution in [0.2, 0.25) is 5.02 Å². The molecule has 1 atom stereocenters. The zero-order chi connectivity index (χ0) is 14.9. The smallest absolute Gasteiger partial charge is 0.244 e. The van der Waals surface area contributed by atoms with Gasteiger partial charge in [0.15, 0.2) is 0 Å². The van der Waals surface area contributed by atoms with Gasteiger partial charge in [-0.2, -0.15) is 4.31 Å². The SMILES string of the molecule is COc1cc(Br)c(S(=O)(=O)N2CCCC(N)C2)cc1Cl.Cl. The predicted molar refractivity (Wildman–Crippen MR) is 88.9 cm³/mol. The predicted octanol–water partition coefficient (Wildman–Crippen LogP) is 2.64. The van der Waals surface area contributed by atoms with Crippen molar-refractivity contribution in [2.24, 2.45) is 5.73 Å². The number of nitrogens with two attached hydrogens (primary N) is 1. The number of nitrogens with zero attached hydrogens (tertiary/aromatic N) is 1. The third kappa shape index (κ3) is 4.03. The van der Waals surface area contributed by atoms with Crippen molar-refractivity contribution in [2.75, 3.05) is 20.2 Å². The highest BCUT2D eigenvalue weighted by molar-refractivity contribution is 9.10. The topological polar surface area (TPSA) is 72.6 Å². The van der Waals surface area contributed by atoms with Crippen LogP contribution in [0.15, 0.2) is 21.5 Å². The van der Waals surface area contributed by atoms with Gasteiger partial charge in [0, 0.05) is 23.6 Å². The van der Waals surface area contributed by atoms with Gasteiger partial charge in [0.2, 0.25) is 10.0 Å². The molecule has 0 aliphatic carbocycles. The zero-order valence-corrected chi connectivity index (χ0v) is 15.4. The Morgan fingerprint density at radius 3 is 2.71 bits per heavy atom. The minimum atomic E-state index is -3.61. The molecular formula is C12H17BrCl2N2O3S. The lowest BCUT2D eigenvalue weighted by molar-refractivity contribution is 0.316. The van der Waals surface area contributed by atoms with E-state index in [0.29, 0.717) is 23.3 Å². The second kappa shape index (κ2) is 7.48. The van der Waals surface area contributed by atoms with Crippen LogP contribution in [0.3, 0.4) is 0 Å². The van der Waals surface area contributed by atoms with Crippen LogP contribution < -0.4 is 10.5 Å². The Bertz CT molecular complexity index is 613. The van der Waals surface area contributed by atoms with E-state index < -0.39 is 10.0 Å². The molecular weight excluding hydrogens is 403 g/mol. The van der Waals surface area contributed by atoms with E-state index in [1.54, 1.807) is 6.07 Å². The van der Waals surface area contributed by atoms with Gasteiger partial charge < -0.3 is 10.5 Å². The average molecular weight is 420 g/mol. The summed E-state index contributed by atoms with van der Waals surface area (Å²) in [5, 5.41) is 0.260. The fraction of sp³-hybridized carbons (Fsp3) is 0.500. The van der Waals surface area contributed by atoms with Gasteiger partial charge in [-0.1, -0.05) is 11.6 Å². The first-order valence-corrected chi connectivity index (χ1v) is 8.76. The largest absolute Gasteiger partial charge is 0.495 e. The minimum absolute atomic E-state index is 0. The number of methoxy groups -OCH3 is 1. The number of piperidine rings is 1. The summed E-state index contributed by atoms with van der Waals surface area (Å²) in [5.74, 6) is 0.424. The molecule has 1 aromatic carbocycles. The van der Waals surface area contributed by atoms with Crippen LogP contribution in [0.25, 0.3) is 0 Å². The van der Waals surface area contributed by atoms with Crippen LogP contribution in [0.4, 0.5) is 0 Å². The second-order valence-corrected chi connectivity index (χ2v) is 7.85. The van der Waals surface area contributed by atoms with Crippen molar-refractivity contribution in [3.8, 4) is 5.75 Å². The highest BCUT2D eigenvalue weighted by atomic mass is 79.9. The maximum Gasteiger partial charge on any atom is 0.244 e. The Labute approximate surface area is 144 Å². The van der Waals surface area contributed by atoms with Crippen LogP contribution in [-0.2, 0) is 10.0 Å². The van der Waals surface area contributed by atoms with E-state index in [4.69, 9.17) is 22.1 Å². The minimum Gasteiger partial charge on any atom is -0.495 e. The van der Waals surface area contributed by atoms with Crippen molar-refractivity contribution in [2.45, 2.75) is 23.8 Å². The van der Waals surface area contributed by atoms with E-state index in [1.807, 2.05) is 0 Å². The molecule has 2 rings (SSSR count). The van der Waals surface area contributed by atoms with E-state index in [9.17, 15) is 8.42 Å². The molecule has 5 nitrogen and oxygen atoms in total. The molecule has 1 fully saturated rings. The van der Waals surface area contributed by atoms with E-state index in [0.717, 1.165) is 12.8 Å². The lowest BCUT2D eigenvalue weighted by atomic mass is 10.1. The summed E-state index contributed by atoms with van der Waals surface area (Å²) >= 11 is 9.29. The van der Waals surface area contributed by atoms with E-state index in [2.05, 4.69) is 15.9 Å². The van der Waals surface area contributed by atoms with Gasteiger partial charge in [0.25, 0.3) is 0 Å². The molecule has 9 heteroatoms. The van der Waals surface area contributed by atoms with Crippen molar-refractivity contribution >= 4 is 50.0 Å². The van der Waals surface area contributed by atoms with Crippen molar-refractivity contribution < 1.29 is 13.2 Å². The standard InChI is InChI=1S/C12H16BrClN2O3S.ClH/c1-19-11-5-9(13)12(6-10(11)14)20(17,18)16-4-2-3-8(15)7-16;/h5-6,8H,2-4,7,15H2,1H3;1H. The number of rotatable bonds is 3. The van der Waals surface area contributed by atoms with Crippen molar-refractivity contribution in [3.05, 3.63) is 21.6 Å². The van der Waals surface area contributed by atoms with Gasteiger partial charge in [0.1, 0.15) is 5.75 Å². The third-order valence-corrected chi connectivity index (χ3v) is 6.36. The summed E-state index contributed by atoms with van der Waals surface area (Å²) in [6.07, 6.45) is 1.61. The number of hydrogen-bond donors (Lipinski definition) is 1. The molecule has 1 saturated heterocycles. The normalized spacial score (nSPS) is 19.9. The van der Waals surface area contributed by atoms with E-state index in [-0.39, 0.29) is 28.4 Å². The Hall–Kier alpha value is -0.0500. The number of hydrogen-bond acceptors (Lipinski definition) is 4. The van der Waals surface area contributed by atoms with Gasteiger partial charge >= 0.3 is 0 Å². The quantitative estimate of drug-likeness (QED) is 0.817. The molecule has 0 bridgehead atoms. The number of benzene rings is 1. The zero-order valence-electron chi connectivity index (χ0n) is 11.4. The summed E-state index contributed by atoms with van der Waals surface area (Å²) in [6, 6.07) is 2.84. The van der Waals surface area contributed by atoms with Crippen LogP contribution in [-0.4, -0.2) is 39.0 Å². The molecule has 120 valence electrons. The number of halogens is 3. The van der Waals surface area contributed by atoms with Crippen molar-refractivity contribution in [1.29, 1.82) is 0 Å². The maximum absolute atomic E-state index is 12.6. The van der Waals surface area contributed by atoms with Gasteiger partial charge in [-0.3, -0.25) is 0 Å². The molecule has 1 aliphatic rings. The Kier molecular flexibility index (Phi) is 6.77. The Balaban J connectivity index is 0.00000220. The first-order valence-electron chi connectivity index (χ1n) is 6.15. The second-order valence-electron chi connectivity index (χ2n) is 4.68. The summed E-state index contributed by atoms with van der Waals surface area (Å²) < 4.78 is 32.2. The van der Waals surface area contributed by atoms with E-state index >= 15 is 0 Å². The van der Waals surface area contributed by atoms with E-state index in [1.165, 1.54) is 17.5 Å². The molecule has 2 N–H and O–H groups in total. The molecule has 0 radical (unpaired) electrons. The molecule has 0 spiro atoms. The molecule has 21 heavy (non-hydrogen) atoms. The highest BCUT2D eigenvalue weighted by Crippen LogP contribution is 2.35. The molecule has 1 aromatic rings. The first-order chi connectivity index (χ1) is 9.36. The van der Waals surface area contributed by atoms with Crippen molar-refractivity contribution in [3.63, 3.8) is 0 Å². The molecule has 1 unspecified atom stereocenters. The lowest BCUT2D eigenvalue weighted by Crippen LogP contribution is -2.45. The number of ether oxygens (including phenoxy) is 1. The first kappa shape index (κ1) is 19.0. The van der Waals surface area contributed by atoms with Gasteiger partial charge in [0.05, 0.1) is 17.0 Å². The molecule has 0 saturated carbocycles. The summed E-state index contributed by atoms with van der Waals surface area (Å²) in [5.41, 5.74) is 5.85. The molecule has 0 aromatic heterocycles. The average Bonchev–Trinajstić information content (AvgIpc) is 2.40. The molecule has 1 aliphatic heterocycles. The summed E-state index contributed by atoms with van der Waals surface area (Å²) in [7, 11) is -2.13. The third-order valence-electron chi connectivity index (χ3n) is 3.24. The number of sulfonamides is 1. The maximum atomic E-state index is 12.6. The van der Waals surface area contributed by atoms with Gasteiger partial charge in [-0.25, -0.2) is 8.42 Å². The summed E-state index contributed by atoms with van der Waals surface area (Å²) in [6.45, 7) is 0.810. The Morgan fingerprint density at radius 2 is 2.14 bits per heavy atom. The Morgan fingerprint density at radius 1 is 1.48 bits per heavy atom. The lowest BCUT2D eigenvalue weighted by Gasteiger charge is -2.30. The van der Waals surface area contributed by atoms with Gasteiger partial charge in [-0.15, -0.1) is 12.4 Å². The monoisotopic (exact) mass is 418 g/mol. The fourth-order valence-electron chi connectivity index (χ4n) is 2.20. The van der Waals surface area contributed by atoms with Crippen LogP contribution in [0.1, 0.15) is 12.8 Å². The van der Waals surface area contributed by atoms with Crippen LogP contribution >= 0.6 is 39.9 Å². The molecule has 0 amide bonds. The summed E-state index contributed by atoms with van der Waals surface area (Å²) in [4.78, 5) is 0.136. The fourth-order valence-corrected chi connectivity index (χ4v) is 5.04. The van der Waals surface area contributed by atoms with Crippen LogP contribution in [0.5, 0.6) is 5.75 Å². The van der Waals surface area contributed by atoms with Crippen molar-refractivity contribution in [1.82, 2.24) is 4.31 Å².